The molecule has 0 aliphatic rings. The van der Waals surface area contributed by atoms with E-state index >= 15 is 0 Å². The fourth-order valence-electron chi connectivity index (χ4n) is 2.62. The molecule has 3 rings (SSSR count). The van der Waals surface area contributed by atoms with Gasteiger partial charge in [0.2, 0.25) is 0 Å². The molecule has 6 heteroatoms. The third kappa shape index (κ3) is 3.91. The van der Waals surface area contributed by atoms with Gasteiger partial charge < -0.3 is 14.6 Å². The van der Waals surface area contributed by atoms with Crippen LogP contribution in [0.4, 0.5) is 0 Å². The molecule has 0 unspecified atom stereocenters. The molecule has 0 saturated heterocycles. The average Bonchev–Trinajstić information content (AvgIpc) is 2.98. The number of hydrogen-bond acceptors (Lipinski definition) is 5. The van der Waals surface area contributed by atoms with Gasteiger partial charge in [-0.1, -0.05) is 23.4 Å². The van der Waals surface area contributed by atoms with Crippen molar-refractivity contribution in [1.29, 1.82) is 0 Å². The summed E-state index contributed by atoms with van der Waals surface area (Å²) >= 11 is 0. The lowest BCUT2D eigenvalue weighted by molar-refractivity contribution is 0.0934. The number of aromatic nitrogens is 2. The van der Waals surface area contributed by atoms with Crippen molar-refractivity contribution >= 4 is 5.91 Å². The van der Waals surface area contributed by atoms with Crippen molar-refractivity contribution in [1.82, 2.24) is 15.5 Å². The molecule has 1 N–H and O–H groups in total. The van der Waals surface area contributed by atoms with Gasteiger partial charge in [0.25, 0.3) is 5.91 Å². The standard InChI is InChI=1S/C20H21N3O3/c1-13-17(15(3)26-23-13)12-25-19-10-5-4-8-16(19)20(24)22-14(2)18-9-6-7-11-21-18/h4-11,14H,12H2,1-3H3,(H,22,24)/t14-/m0/s1. The van der Waals surface area contributed by atoms with Gasteiger partial charge in [0.15, 0.2) is 0 Å². The smallest absolute Gasteiger partial charge is 0.255 e. The van der Waals surface area contributed by atoms with Gasteiger partial charge in [0.05, 0.1) is 28.6 Å². The molecule has 6 nitrogen and oxygen atoms in total. The number of benzene rings is 1. The Balaban J connectivity index is 1.73. The first-order valence-corrected chi connectivity index (χ1v) is 8.41. The van der Waals surface area contributed by atoms with E-state index in [9.17, 15) is 4.79 Å². The van der Waals surface area contributed by atoms with Gasteiger partial charge in [-0.3, -0.25) is 9.78 Å². The summed E-state index contributed by atoms with van der Waals surface area (Å²) in [5.74, 6) is 1.02. The van der Waals surface area contributed by atoms with Gasteiger partial charge in [0.1, 0.15) is 18.1 Å². The van der Waals surface area contributed by atoms with E-state index in [1.165, 1.54) is 0 Å². The highest BCUT2D eigenvalue weighted by Crippen LogP contribution is 2.22. The first kappa shape index (κ1) is 17.7. The highest BCUT2D eigenvalue weighted by molar-refractivity contribution is 5.97. The summed E-state index contributed by atoms with van der Waals surface area (Å²) in [7, 11) is 0. The number of nitrogens with one attached hydrogen (secondary N) is 1. The molecular formula is C20H21N3O3. The Morgan fingerprint density at radius 2 is 1.96 bits per heavy atom. The molecule has 3 aromatic rings. The summed E-state index contributed by atoms with van der Waals surface area (Å²) in [6.07, 6.45) is 1.71. The van der Waals surface area contributed by atoms with Crippen molar-refractivity contribution in [2.45, 2.75) is 33.4 Å². The van der Waals surface area contributed by atoms with Crippen molar-refractivity contribution in [2.75, 3.05) is 0 Å². The van der Waals surface area contributed by atoms with Crippen molar-refractivity contribution < 1.29 is 14.1 Å². The lowest BCUT2D eigenvalue weighted by atomic mass is 10.1. The maximum Gasteiger partial charge on any atom is 0.255 e. The third-order valence-electron chi connectivity index (χ3n) is 4.16. The first-order chi connectivity index (χ1) is 12.6. The Morgan fingerprint density at radius 1 is 1.19 bits per heavy atom. The number of ether oxygens (including phenoxy) is 1. The minimum absolute atomic E-state index is 0.209. The number of carbonyl (C=O) groups excluding carboxylic acids is 1. The first-order valence-electron chi connectivity index (χ1n) is 8.41. The fourth-order valence-corrected chi connectivity index (χ4v) is 2.62. The van der Waals surface area contributed by atoms with Crippen molar-refractivity contribution in [3.8, 4) is 5.75 Å². The van der Waals surface area contributed by atoms with Crippen LogP contribution in [0.3, 0.4) is 0 Å². The second-order valence-corrected chi connectivity index (χ2v) is 6.04. The number of aryl methyl sites for hydroxylation is 2. The van der Waals surface area contributed by atoms with Crippen LogP contribution in [0.2, 0.25) is 0 Å². The van der Waals surface area contributed by atoms with E-state index in [1.54, 1.807) is 18.3 Å². The van der Waals surface area contributed by atoms with E-state index in [4.69, 9.17) is 9.26 Å². The Kier molecular flexibility index (Phi) is 5.31. The largest absolute Gasteiger partial charge is 0.488 e. The Morgan fingerprint density at radius 3 is 2.65 bits per heavy atom. The molecule has 0 aliphatic heterocycles. The summed E-state index contributed by atoms with van der Waals surface area (Å²) in [5, 5.41) is 6.87. The molecule has 1 atom stereocenters. The maximum absolute atomic E-state index is 12.7. The van der Waals surface area contributed by atoms with Crippen LogP contribution in [0, 0.1) is 13.8 Å². The zero-order valence-corrected chi connectivity index (χ0v) is 15.0. The van der Waals surface area contributed by atoms with Gasteiger partial charge in [-0.15, -0.1) is 0 Å². The quantitative estimate of drug-likeness (QED) is 0.732. The number of pyridine rings is 1. The number of rotatable bonds is 6. The van der Waals surface area contributed by atoms with E-state index in [2.05, 4.69) is 15.5 Å². The highest BCUT2D eigenvalue weighted by atomic mass is 16.5. The molecule has 0 bridgehead atoms. The van der Waals surface area contributed by atoms with Gasteiger partial charge in [-0.2, -0.15) is 0 Å². The van der Waals surface area contributed by atoms with Gasteiger partial charge >= 0.3 is 0 Å². The van der Waals surface area contributed by atoms with E-state index in [1.807, 2.05) is 51.1 Å². The summed E-state index contributed by atoms with van der Waals surface area (Å²) in [6.45, 7) is 5.89. The van der Waals surface area contributed by atoms with E-state index in [-0.39, 0.29) is 11.9 Å². The molecule has 0 aliphatic carbocycles. The number of nitrogens with zero attached hydrogens (tertiary/aromatic N) is 2. The highest BCUT2D eigenvalue weighted by Gasteiger charge is 2.17. The molecule has 2 heterocycles. The molecular weight excluding hydrogens is 330 g/mol. The lowest BCUT2D eigenvalue weighted by Gasteiger charge is -2.15. The molecule has 0 spiro atoms. The molecule has 0 saturated carbocycles. The summed E-state index contributed by atoms with van der Waals surface area (Å²) in [5.41, 5.74) is 2.95. The topological polar surface area (TPSA) is 77.2 Å². The van der Waals surface area contributed by atoms with Crippen LogP contribution in [0.5, 0.6) is 5.75 Å². The van der Waals surface area contributed by atoms with Crippen molar-refractivity contribution in [3.05, 3.63) is 76.9 Å². The van der Waals surface area contributed by atoms with Crippen LogP contribution in [0.15, 0.2) is 53.2 Å². The van der Waals surface area contributed by atoms with E-state index in [0.29, 0.717) is 23.7 Å². The number of hydrogen-bond donors (Lipinski definition) is 1. The van der Waals surface area contributed by atoms with Crippen LogP contribution < -0.4 is 10.1 Å². The second-order valence-electron chi connectivity index (χ2n) is 6.04. The molecule has 2 aromatic heterocycles. The Hall–Kier alpha value is -3.15. The second kappa shape index (κ2) is 7.82. The van der Waals surface area contributed by atoms with Gasteiger partial charge in [-0.25, -0.2) is 0 Å². The van der Waals surface area contributed by atoms with Crippen LogP contribution in [0.25, 0.3) is 0 Å². The van der Waals surface area contributed by atoms with E-state index in [0.717, 1.165) is 17.0 Å². The summed E-state index contributed by atoms with van der Waals surface area (Å²) in [4.78, 5) is 17.0. The molecule has 0 fully saturated rings. The summed E-state index contributed by atoms with van der Waals surface area (Å²) in [6, 6.07) is 12.6. The molecule has 26 heavy (non-hydrogen) atoms. The van der Waals surface area contributed by atoms with E-state index < -0.39 is 0 Å². The average molecular weight is 351 g/mol. The zero-order valence-electron chi connectivity index (χ0n) is 15.0. The predicted molar refractivity (Wildman–Crippen MR) is 96.9 cm³/mol. The predicted octanol–water partition coefficient (Wildman–Crippen LogP) is 3.76. The number of para-hydroxylation sites is 1. The molecule has 1 amide bonds. The monoisotopic (exact) mass is 351 g/mol. The number of amides is 1. The Bertz CT molecular complexity index is 871. The number of carbonyl (C=O) groups is 1. The maximum atomic E-state index is 12.7. The normalized spacial score (nSPS) is 11.8. The van der Waals surface area contributed by atoms with Crippen LogP contribution in [0.1, 0.15) is 46.0 Å². The SMILES string of the molecule is Cc1noc(C)c1COc1ccccc1C(=O)N[C@@H](C)c1ccccn1. The van der Waals surface area contributed by atoms with Gasteiger partial charge in [0, 0.05) is 6.20 Å². The fraction of sp³-hybridized carbons (Fsp3) is 0.250. The molecule has 134 valence electrons. The zero-order chi connectivity index (χ0) is 18.5. The van der Waals surface area contributed by atoms with Crippen LogP contribution in [-0.2, 0) is 6.61 Å². The lowest BCUT2D eigenvalue weighted by Crippen LogP contribution is -2.27. The molecule has 1 aromatic carbocycles. The van der Waals surface area contributed by atoms with Crippen molar-refractivity contribution in [2.24, 2.45) is 0 Å². The minimum atomic E-state index is -0.211. The van der Waals surface area contributed by atoms with Gasteiger partial charge in [-0.05, 0) is 45.0 Å². The van der Waals surface area contributed by atoms with Crippen LogP contribution >= 0.6 is 0 Å². The molecule has 0 radical (unpaired) electrons. The van der Waals surface area contributed by atoms with Crippen molar-refractivity contribution in [3.63, 3.8) is 0 Å². The third-order valence-corrected chi connectivity index (χ3v) is 4.16. The minimum Gasteiger partial charge on any atom is -0.488 e. The summed E-state index contributed by atoms with van der Waals surface area (Å²) < 4.78 is 11.0. The Labute approximate surface area is 152 Å². The van der Waals surface area contributed by atoms with Crippen LogP contribution in [-0.4, -0.2) is 16.0 Å².